The number of carbonyl (C=O) groups is 1. The molecule has 0 radical (unpaired) electrons. The van der Waals surface area contributed by atoms with Gasteiger partial charge in [0.15, 0.2) is 5.82 Å². The minimum Gasteiger partial charge on any atom is -0.368 e. The maximum Gasteiger partial charge on any atom is 0.237 e. The SMILES string of the molecule is C[C@@H]1CN(c2ccc(-c3ncccn3)cc2)CCN1C(=O)CCl. The van der Waals surface area contributed by atoms with Gasteiger partial charge in [-0.05, 0) is 37.3 Å². The molecule has 1 aromatic carbocycles. The minimum absolute atomic E-state index is 0.00962. The molecule has 1 amide bonds. The van der Waals surface area contributed by atoms with Gasteiger partial charge in [-0.1, -0.05) is 0 Å². The summed E-state index contributed by atoms with van der Waals surface area (Å²) in [4.78, 5) is 24.5. The van der Waals surface area contributed by atoms with Crippen LogP contribution in [0, 0.1) is 0 Å². The molecular weight excluding hydrogens is 312 g/mol. The molecule has 0 saturated carbocycles. The Morgan fingerprint density at radius 2 is 1.91 bits per heavy atom. The Morgan fingerprint density at radius 1 is 1.22 bits per heavy atom. The number of rotatable bonds is 3. The fraction of sp³-hybridized carbons (Fsp3) is 0.353. The molecule has 1 atom stereocenters. The summed E-state index contributed by atoms with van der Waals surface area (Å²) >= 11 is 5.66. The summed E-state index contributed by atoms with van der Waals surface area (Å²) in [6.07, 6.45) is 3.48. The summed E-state index contributed by atoms with van der Waals surface area (Å²) in [6, 6.07) is 10.2. The first-order valence-electron chi connectivity index (χ1n) is 7.67. The number of hydrogen-bond acceptors (Lipinski definition) is 4. The maximum atomic E-state index is 11.8. The van der Waals surface area contributed by atoms with Crippen LogP contribution in [0.5, 0.6) is 0 Å². The van der Waals surface area contributed by atoms with E-state index in [0.717, 1.165) is 30.2 Å². The number of piperazine rings is 1. The third kappa shape index (κ3) is 3.45. The van der Waals surface area contributed by atoms with Gasteiger partial charge in [0.1, 0.15) is 5.88 Å². The molecule has 1 fully saturated rings. The topological polar surface area (TPSA) is 49.3 Å². The first kappa shape index (κ1) is 15.7. The number of alkyl halides is 1. The highest BCUT2D eigenvalue weighted by molar-refractivity contribution is 6.27. The molecule has 6 heteroatoms. The normalized spacial score (nSPS) is 18.1. The van der Waals surface area contributed by atoms with Crippen molar-refractivity contribution < 1.29 is 4.79 Å². The molecule has 23 heavy (non-hydrogen) atoms. The van der Waals surface area contributed by atoms with Gasteiger partial charge in [-0.25, -0.2) is 9.97 Å². The van der Waals surface area contributed by atoms with Gasteiger partial charge in [0.05, 0.1) is 0 Å². The van der Waals surface area contributed by atoms with Crippen molar-refractivity contribution in [3.05, 3.63) is 42.7 Å². The minimum atomic E-state index is 0.00962. The molecule has 0 bridgehead atoms. The van der Waals surface area contributed by atoms with Crippen LogP contribution in [0.4, 0.5) is 5.69 Å². The van der Waals surface area contributed by atoms with Crippen LogP contribution in [-0.2, 0) is 4.79 Å². The summed E-state index contributed by atoms with van der Waals surface area (Å²) in [7, 11) is 0. The highest BCUT2D eigenvalue weighted by Gasteiger charge is 2.26. The average Bonchev–Trinajstić information content (AvgIpc) is 2.62. The predicted octanol–water partition coefficient (Wildman–Crippen LogP) is 2.42. The Hall–Kier alpha value is -2.14. The van der Waals surface area contributed by atoms with Gasteiger partial charge in [-0.15, -0.1) is 11.6 Å². The van der Waals surface area contributed by atoms with Crippen molar-refractivity contribution >= 4 is 23.2 Å². The quantitative estimate of drug-likeness (QED) is 0.811. The average molecular weight is 331 g/mol. The standard InChI is InChI=1S/C17H19ClN4O/c1-13-12-21(9-10-22(13)16(23)11-18)15-5-3-14(4-6-15)17-19-7-2-8-20-17/h2-8,13H,9-12H2,1H3/t13-/m1/s1. The smallest absolute Gasteiger partial charge is 0.237 e. The summed E-state index contributed by atoms with van der Waals surface area (Å²) < 4.78 is 0. The Kier molecular flexibility index (Phi) is 4.76. The highest BCUT2D eigenvalue weighted by atomic mass is 35.5. The molecule has 1 aromatic heterocycles. The third-order valence-corrected chi connectivity index (χ3v) is 4.35. The van der Waals surface area contributed by atoms with Gasteiger partial charge >= 0.3 is 0 Å². The van der Waals surface area contributed by atoms with Gasteiger partial charge in [0.2, 0.25) is 5.91 Å². The van der Waals surface area contributed by atoms with Crippen LogP contribution in [0.15, 0.2) is 42.7 Å². The van der Waals surface area contributed by atoms with Crippen molar-refractivity contribution in [2.75, 3.05) is 30.4 Å². The third-order valence-electron chi connectivity index (χ3n) is 4.12. The molecule has 2 aromatic rings. The first-order chi connectivity index (χ1) is 11.2. The van der Waals surface area contributed by atoms with Gasteiger partial charge in [0.25, 0.3) is 0 Å². The van der Waals surface area contributed by atoms with Crippen LogP contribution in [0.25, 0.3) is 11.4 Å². The zero-order valence-corrected chi connectivity index (χ0v) is 13.8. The molecule has 5 nitrogen and oxygen atoms in total. The van der Waals surface area contributed by atoms with Crippen molar-refractivity contribution in [1.29, 1.82) is 0 Å². The number of aromatic nitrogens is 2. The van der Waals surface area contributed by atoms with Crippen molar-refractivity contribution in [2.45, 2.75) is 13.0 Å². The molecule has 0 N–H and O–H groups in total. The van der Waals surface area contributed by atoms with E-state index < -0.39 is 0 Å². The van der Waals surface area contributed by atoms with Gasteiger partial charge in [-0.2, -0.15) is 0 Å². The monoisotopic (exact) mass is 330 g/mol. The number of carbonyl (C=O) groups excluding carboxylic acids is 1. The maximum absolute atomic E-state index is 11.8. The molecule has 1 aliphatic heterocycles. The molecule has 120 valence electrons. The summed E-state index contributed by atoms with van der Waals surface area (Å²) in [5.41, 5.74) is 2.15. The van der Waals surface area contributed by atoms with Crippen LogP contribution in [-0.4, -0.2) is 52.3 Å². The highest BCUT2D eigenvalue weighted by Crippen LogP contribution is 2.23. The van der Waals surface area contributed by atoms with Crippen LogP contribution in [0.3, 0.4) is 0 Å². The molecule has 3 rings (SSSR count). The van der Waals surface area contributed by atoms with Crippen LogP contribution >= 0.6 is 11.6 Å². The van der Waals surface area contributed by atoms with Gasteiger partial charge < -0.3 is 9.80 Å². The van der Waals surface area contributed by atoms with E-state index in [1.165, 1.54) is 0 Å². The number of amides is 1. The van der Waals surface area contributed by atoms with Crippen molar-refractivity contribution in [3.63, 3.8) is 0 Å². The zero-order chi connectivity index (χ0) is 16.2. The van der Waals surface area contributed by atoms with Crippen LogP contribution < -0.4 is 4.90 Å². The van der Waals surface area contributed by atoms with Crippen molar-refractivity contribution in [2.24, 2.45) is 0 Å². The molecule has 1 saturated heterocycles. The Morgan fingerprint density at radius 3 is 2.52 bits per heavy atom. The largest absolute Gasteiger partial charge is 0.368 e. The summed E-state index contributed by atoms with van der Waals surface area (Å²) in [5.74, 6) is 0.788. The van der Waals surface area contributed by atoms with Crippen molar-refractivity contribution in [1.82, 2.24) is 14.9 Å². The second-order valence-corrected chi connectivity index (χ2v) is 5.90. The molecule has 2 heterocycles. The lowest BCUT2D eigenvalue weighted by Gasteiger charge is -2.40. The van der Waals surface area contributed by atoms with Gasteiger partial charge in [-0.3, -0.25) is 4.79 Å². The number of nitrogens with zero attached hydrogens (tertiary/aromatic N) is 4. The number of benzene rings is 1. The van der Waals surface area contributed by atoms with Crippen molar-refractivity contribution in [3.8, 4) is 11.4 Å². The Balaban J connectivity index is 1.70. The number of hydrogen-bond donors (Lipinski definition) is 0. The molecule has 0 spiro atoms. The van der Waals surface area contributed by atoms with Crippen LogP contribution in [0.2, 0.25) is 0 Å². The van der Waals surface area contributed by atoms with Crippen LogP contribution in [0.1, 0.15) is 6.92 Å². The van der Waals surface area contributed by atoms with E-state index >= 15 is 0 Å². The lowest BCUT2D eigenvalue weighted by molar-refractivity contribution is -0.130. The molecule has 1 aliphatic rings. The summed E-state index contributed by atoms with van der Waals surface area (Å²) in [6.45, 7) is 4.39. The van der Waals surface area contributed by atoms with E-state index in [2.05, 4.69) is 33.9 Å². The predicted molar refractivity (Wildman–Crippen MR) is 91.6 cm³/mol. The molecule has 0 aliphatic carbocycles. The van der Waals surface area contributed by atoms with E-state index in [1.807, 2.05) is 17.0 Å². The number of halogens is 1. The fourth-order valence-electron chi connectivity index (χ4n) is 2.91. The fourth-order valence-corrected chi connectivity index (χ4v) is 3.06. The van der Waals surface area contributed by atoms with E-state index in [-0.39, 0.29) is 17.8 Å². The van der Waals surface area contributed by atoms with E-state index in [4.69, 9.17) is 11.6 Å². The second-order valence-electron chi connectivity index (χ2n) is 5.64. The Bertz CT molecular complexity index is 662. The molecular formula is C17H19ClN4O. The van der Waals surface area contributed by atoms with E-state index in [0.29, 0.717) is 6.54 Å². The van der Waals surface area contributed by atoms with E-state index in [9.17, 15) is 4.79 Å². The summed E-state index contributed by atoms with van der Waals surface area (Å²) in [5, 5.41) is 0. The van der Waals surface area contributed by atoms with Gasteiger partial charge in [0, 0.05) is 49.3 Å². The zero-order valence-electron chi connectivity index (χ0n) is 13.0. The second kappa shape index (κ2) is 6.96. The van der Waals surface area contributed by atoms with E-state index in [1.54, 1.807) is 18.5 Å². The lowest BCUT2D eigenvalue weighted by Crippen LogP contribution is -2.54. The Labute approximate surface area is 140 Å². The number of anilines is 1. The first-order valence-corrected chi connectivity index (χ1v) is 8.20. The molecule has 0 unspecified atom stereocenters. The lowest BCUT2D eigenvalue weighted by atomic mass is 10.1.